The average Bonchev–Trinajstić information content (AvgIpc) is 2.63. The molecule has 0 unspecified atom stereocenters. The Bertz CT molecular complexity index is 552. The molecule has 0 radical (unpaired) electrons. The summed E-state index contributed by atoms with van der Waals surface area (Å²) < 4.78 is 0. The summed E-state index contributed by atoms with van der Waals surface area (Å²) in [6.07, 6.45) is 1.80. The van der Waals surface area contributed by atoms with Crippen LogP contribution >= 0.6 is 0 Å². The molecule has 4 heteroatoms. The number of pyridine rings is 1. The maximum atomic E-state index is 11.3. The van der Waals surface area contributed by atoms with Gasteiger partial charge in [0.1, 0.15) is 0 Å². The van der Waals surface area contributed by atoms with Gasteiger partial charge in [-0.05, 0) is 31.9 Å². The zero-order valence-corrected chi connectivity index (χ0v) is 11.0. The molecule has 0 aliphatic carbocycles. The SMILES string of the molecule is CC.Cc1cnc(-c2[nH][nH]c(=O)c2C)c(C)c1. The molecule has 4 nitrogen and oxygen atoms in total. The Morgan fingerprint density at radius 3 is 2.24 bits per heavy atom. The number of hydrogen-bond donors (Lipinski definition) is 2. The lowest BCUT2D eigenvalue weighted by molar-refractivity contribution is 1.05. The summed E-state index contributed by atoms with van der Waals surface area (Å²) in [6, 6.07) is 2.05. The molecular weight excluding hydrogens is 214 g/mol. The Morgan fingerprint density at radius 2 is 1.76 bits per heavy atom. The Balaban J connectivity index is 0.000000686. The van der Waals surface area contributed by atoms with E-state index >= 15 is 0 Å². The number of aromatic nitrogens is 3. The van der Waals surface area contributed by atoms with Crippen molar-refractivity contribution in [3.8, 4) is 11.4 Å². The molecule has 2 aromatic heterocycles. The number of aromatic amines is 2. The largest absolute Gasteiger partial charge is 0.296 e. The van der Waals surface area contributed by atoms with E-state index in [9.17, 15) is 4.79 Å². The van der Waals surface area contributed by atoms with Gasteiger partial charge >= 0.3 is 0 Å². The van der Waals surface area contributed by atoms with Crippen LogP contribution in [0.1, 0.15) is 30.5 Å². The van der Waals surface area contributed by atoms with Crippen molar-refractivity contribution in [2.24, 2.45) is 0 Å². The molecule has 17 heavy (non-hydrogen) atoms. The quantitative estimate of drug-likeness (QED) is 0.795. The van der Waals surface area contributed by atoms with Crippen LogP contribution in [-0.2, 0) is 0 Å². The van der Waals surface area contributed by atoms with Crippen LogP contribution in [0.15, 0.2) is 17.1 Å². The van der Waals surface area contributed by atoms with Crippen LogP contribution < -0.4 is 5.56 Å². The molecule has 0 spiro atoms. The Hall–Kier alpha value is -1.84. The van der Waals surface area contributed by atoms with Gasteiger partial charge in [0.2, 0.25) is 0 Å². The first-order chi connectivity index (χ1) is 8.09. The van der Waals surface area contributed by atoms with Crippen molar-refractivity contribution in [2.75, 3.05) is 0 Å². The molecule has 2 rings (SSSR count). The molecule has 0 aliphatic heterocycles. The van der Waals surface area contributed by atoms with E-state index in [2.05, 4.69) is 15.2 Å². The molecule has 0 saturated heterocycles. The third-order valence-electron chi connectivity index (χ3n) is 2.47. The van der Waals surface area contributed by atoms with E-state index in [0.29, 0.717) is 5.56 Å². The number of H-pyrrole nitrogens is 2. The Labute approximate surface area is 101 Å². The molecular formula is C13H19N3O. The smallest absolute Gasteiger partial charge is 0.267 e. The fourth-order valence-electron chi connectivity index (χ4n) is 1.63. The highest BCUT2D eigenvalue weighted by Gasteiger charge is 2.10. The van der Waals surface area contributed by atoms with Crippen molar-refractivity contribution in [1.82, 2.24) is 15.2 Å². The van der Waals surface area contributed by atoms with Gasteiger partial charge in [-0.3, -0.25) is 20.0 Å². The van der Waals surface area contributed by atoms with Gasteiger partial charge in [0.25, 0.3) is 5.56 Å². The van der Waals surface area contributed by atoms with Gasteiger partial charge in [0.05, 0.1) is 11.4 Å². The standard InChI is InChI=1S/C11H13N3O.C2H6/c1-6-4-7(2)9(12-5-6)10-8(3)11(15)14-13-10;1-2/h4-5H,1-3H3,(H2,13,14,15);1-2H3. The maximum Gasteiger partial charge on any atom is 0.267 e. The summed E-state index contributed by atoms with van der Waals surface area (Å²) in [7, 11) is 0. The topological polar surface area (TPSA) is 61.5 Å². The number of nitrogens with one attached hydrogen (secondary N) is 2. The molecule has 0 amide bonds. The first-order valence-electron chi connectivity index (χ1n) is 5.80. The van der Waals surface area contributed by atoms with Crippen molar-refractivity contribution in [3.63, 3.8) is 0 Å². The maximum absolute atomic E-state index is 11.3. The monoisotopic (exact) mass is 233 g/mol. The van der Waals surface area contributed by atoms with E-state index in [4.69, 9.17) is 0 Å². The summed E-state index contributed by atoms with van der Waals surface area (Å²) in [4.78, 5) is 15.6. The minimum absolute atomic E-state index is 0.0909. The second-order valence-corrected chi connectivity index (χ2v) is 3.76. The molecule has 2 N–H and O–H groups in total. The highest BCUT2D eigenvalue weighted by atomic mass is 16.1. The molecule has 2 heterocycles. The van der Waals surface area contributed by atoms with Gasteiger partial charge in [-0.2, -0.15) is 0 Å². The summed E-state index contributed by atoms with van der Waals surface area (Å²) in [5.74, 6) is 0. The highest BCUT2D eigenvalue weighted by molar-refractivity contribution is 5.61. The van der Waals surface area contributed by atoms with E-state index in [1.165, 1.54) is 0 Å². The van der Waals surface area contributed by atoms with E-state index in [1.54, 1.807) is 13.1 Å². The van der Waals surface area contributed by atoms with Crippen molar-refractivity contribution in [3.05, 3.63) is 39.3 Å². The van der Waals surface area contributed by atoms with Gasteiger partial charge in [0.15, 0.2) is 0 Å². The molecule has 0 atom stereocenters. The van der Waals surface area contributed by atoms with Gasteiger partial charge in [-0.25, -0.2) is 0 Å². The third kappa shape index (κ3) is 2.64. The molecule has 0 bridgehead atoms. The Kier molecular flexibility index (Phi) is 4.26. The Morgan fingerprint density at radius 1 is 1.12 bits per heavy atom. The number of nitrogens with zero attached hydrogens (tertiary/aromatic N) is 1. The van der Waals surface area contributed by atoms with E-state index in [-0.39, 0.29) is 5.56 Å². The summed E-state index contributed by atoms with van der Waals surface area (Å²) in [6.45, 7) is 9.77. The summed E-state index contributed by atoms with van der Waals surface area (Å²) in [5.41, 5.74) is 4.37. The minimum Gasteiger partial charge on any atom is -0.296 e. The highest BCUT2D eigenvalue weighted by Crippen LogP contribution is 2.20. The first-order valence-corrected chi connectivity index (χ1v) is 5.80. The molecule has 0 aliphatic rings. The van der Waals surface area contributed by atoms with Crippen LogP contribution in [0.4, 0.5) is 0 Å². The lowest BCUT2D eigenvalue weighted by Crippen LogP contribution is -2.01. The fourth-order valence-corrected chi connectivity index (χ4v) is 1.63. The van der Waals surface area contributed by atoms with E-state index in [1.807, 2.05) is 33.8 Å². The second-order valence-electron chi connectivity index (χ2n) is 3.76. The van der Waals surface area contributed by atoms with Crippen molar-refractivity contribution < 1.29 is 0 Å². The molecule has 92 valence electrons. The van der Waals surface area contributed by atoms with Crippen LogP contribution in [0.2, 0.25) is 0 Å². The van der Waals surface area contributed by atoms with Crippen LogP contribution in [0.3, 0.4) is 0 Å². The van der Waals surface area contributed by atoms with E-state index in [0.717, 1.165) is 22.5 Å². The third-order valence-corrected chi connectivity index (χ3v) is 2.47. The van der Waals surface area contributed by atoms with Crippen LogP contribution in [0, 0.1) is 20.8 Å². The van der Waals surface area contributed by atoms with E-state index < -0.39 is 0 Å². The first kappa shape index (κ1) is 13.2. The predicted molar refractivity (Wildman–Crippen MR) is 70.2 cm³/mol. The van der Waals surface area contributed by atoms with Crippen molar-refractivity contribution in [2.45, 2.75) is 34.6 Å². The minimum atomic E-state index is -0.0909. The zero-order chi connectivity index (χ0) is 13.0. The molecule has 0 fully saturated rings. The van der Waals surface area contributed by atoms with Gasteiger partial charge < -0.3 is 0 Å². The lowest BCUT2D eigenvalue weighted by Gasteiger charge is -2.03. The fraction of sp³-hybridized carbons (Fsp3) is 0.385. The average molecular weight is 233 g/mol. The normalized spacial score (nSPS) is 9.71. The number of aryl methyl sites for hydroxylation is 2. The predicted octanol–water partition coefficient (Wildman–Crippen LogP) is 2.72. The number of rotatable bonds is 1. The van der Waals surface area contributed by atoms with Crippen molar-refractivity contribution in [1.29, 1.82) is 0 Å². The van der Waals surface area contributed by atoms with Gasteiger partial charge in [-0.15, -0.1) is 0 Å². The van der Waals surface area contributed by atoms with Gasteiger partial charge in [-0.1, -0.05) is 19.9 Å². The number of hydrogen-bond acceptors (Lipinski definition) is 2. The van der Waals surface area contributed by atoms with Crippen LogP contribution in [0.25, 0.3) is 11.4 Å². The van der Waals surface area contributed by atoms with Crippen molar-refractivity contribution >= 4 is 0 Å². The summed E-state index contributed by atoms with van der Waals surface area (Å²) >= 11 is 0. The molecule has 2 aromatic rings. The molecule has 0 saturated carbocycles. The van der Waals surface area contributed by atoms with Gasteiger partial charge in [0, 0.05) is 11.8 Å². The van der Waals surface area contributed by atoms with Crippen LogP contribution in [-0.4, -0.2) is 15.2 Å². The second kappa shape index (κ2) is 5.48. The summed E-state index contributed by atoms with van der Waals surface area (Å²) in [5, 5.41) is 5.41. The zero-order valence-electron chi connectivity index (χ0n) is 11.0. The molecule has 0 aromatic carbocycles. The van der Waals surface area contributed by atoms with Crippen LogP contribution in [0.5, 0.6) is 0 Å². The lowest BCUT2D eigenvalue weighted by atomic mass is 10.1.